The molecule has 0 spiro atoms. The number of benzene rings is 2. The Labute approximate surface area is 168 Å². The molecular formula is C23H24FN3O2. The molecule has 0 unspecified atom stereocenters. The summed E-state index contributed by atoms with van der Waals surface area (Å²) in [6, 6.07) is 16.4. The summed E-state index contributed by atoms with van der Waals surface area (Å²) < 4.78 is 13.5. The summed E-state index contributed by atoms with van der Waals surface area (Å²) in [4.78, 5) is 16.9. The van der Waals surface area contributed by atoms with Crippen molar-refractivity contribution in [3.05, 3.63) is 77.2 Å². The van der Waals surface area contributed by atoms with Crippen molar-refractivity contribution in [1.29, 1.82) is 0 Å². The Kier molecular flexibility index (Phi) is 5.74. The third-order valence-electron chi connectivity index (χ3n) is 5.61. The van der Waals surface area contributed by atoms with Gasteiger partial charge in [-0.3, -0.25) is 14.9 Å². The lowest BCUT2D eigenvalue weighted by molar-refractivity contribution is -0.126. The molecule has 2 heterocycles. The van der Waals surface area contributed by atoms with E-state index in [0.29, 0.717) is 11.6 Å². The van der Waals surface area contributed by atoms with E-state index in [1.165, 1.54) is 34.8 Å². The third-order valence-corrected chi connectivity index (χ3v) is 5.61. The van der Waals surface area contributed by atoms with E-state index in [9.17, 15) is 9.18 Å². The third kappa shape index (κ3) is 4.39. The lowest BCUT2D eigenvalue weighted by Gasteiger charge is -2.24. The smallest absolute Gasteiger partial charge is 0.303 e. The van der Waals surface area contributed by atoms with Crippen LogP contribution < -0.4 is 5.48 Å². The van der Waals surface area contributed by atoms with Gasteiger partial charge in [-0.25, -0.2) is 9.87 Å². The van der Waals surface area contributed by atoms with Crippen molar-refractivity contribution in [2.45, 2.75) is 31.8 Å². The second-order valence-electron chi connectivity index (χ2n) is 7.50. The zero-order valence-electron chi connectivity index (χ0n) is 16.1. The first-order valence-corrected chi connectivity index (χ1v) is 9.83. The number of likely N-dealkylation sites (tertiary alicyclic amines) is 1. The van der Waals surface area contributed by atoms with Gasteiger partial charge in [-0.05, 0) is 54.6 Å². The van der Waals surface area contributed by atoms with Gasteiger partial charge in [0, 0.05) is 29.7 Å². The Morgan fingerprint density at radius 2 is 2.03 bits per heavy atom. The second kappa shape index (κ2) is 8.59. The molecule has 1 aliphatic heterocycles. The fraction of sp³-hybridized carbons (Fsp3) is 0.261. The first-order valence-electron chi connectivity index (χ1n) is 9.83. The Morgan fingerprint density at radius 1 is 1.24 bits per heavy atom. The van der Waals surface area contributed by atoms with E-state index in [-0.39, 0.29) is 0 Å². The van der Waals surface area contributed by atoms with Gasteiger partial charge in [0.05, 0.1) is 0 Å². The van der Waals surface area contributed by atoms with Gasteiger partial charge in [-0.1, -0.05) is 42.5 Å². The number of para-hydroxylation sites is 1. The van der Waals surface area contributed by atoms with Crippen molar-refractivity contribution in [1.82, 2.24) is 15.4 Å². The molecule has 1 saturated heterocycles. The second-order valence-corrected chi connectivity index (χ2v) is 7.50. The van der Waals surface area contributed by atoms with Gasteiger partial charge in [0.2, 0.25) is 0 Å². The molecule has 1 aromatic heterocycles. The fourth-order valence-electron chi connectivity index (χ4n) is 4.11. The van der Waals surface area contributed by atoms with Gasteiger partial charge >= 0.3 is 5.91 Å². The van der Waals surface area contributed by atoms with Crippen LogP contribution in [0.3, 0.4) is 0 Å². The van der Waals surface area contributed by atoms with Crippen molar-refractivity contribution in [2.75, 3.05) is 6.54 Å². The lowest BCUT2D eigenvalue weighted by Crippen LogP contribution is -2.30. The number of carbonyl (C=O) groups excluding carboxylic acids is 1. The van der Waals surface area contributed by atoms with Gasteiger partial charge in [0.1, 0.15) is 0 Å². The van der Waals surface area contributed by atoms with E-state index < -0.39 is 11.7 Å². The van der Waals surface area contributed by atoms with E-state index in [4.69, 9.17) is 5.21 Å². The number of halogens is 1. The van der Waals surface area contributed by atoms with Crippen LogP contribution in [0.5, 0.6) is 0 Å². The maximum Gasteiger partial charge on any atom is 0.303 e. The SMILES string of the molecule is O=C(NO)/C(F)=C\c1ccc(CN2CCC[C@@H]2Cc2c[nH]c3ccccc23)cc1. The van der Waals surface area contributed by atoms with Crippen molar-refractivity contribution < 1.29 is 14.4 Å². The molecule has 1 aliphatic rings. The van der Waals surface area contributed by atoms with Crippen LogP contribution in [0.2, 0.25) is 0 Å². The minimum Gasteiger partial charge on any atom is -0.361 e. The first kappa shape index (κ1) is 19.4. The number of hydrogen-bond acceptors (Lipinski definition) is 3. The van der Waals surface area contributed by atoms with Crippen LogP contribution in [-0.4, -0.2) is 33.6 Å². The van der Waals surface area contributed by atoms with E-state index in [1.54, 1.807) is 12.1 Å². The van der Waals surface area contributed by atoms with Gasteiger partial charge in [-0.2, -0.15) is 0 Å². The van der Waals surface area contributed by atoms with Crippen LogP contribution in [-0.2, 0) is 17.8 Å². The molecule has 0 bridgehead atoms. The molecule has 1 fully saturated rings. The molecule has 3 aromatic rings. The van der Waals surface area contributed by atoms with Crippen LogP contribution in [0.25, 0.3) is 17.0 Å². The predicted molar refractivity (Wildman–Crippen MR) is 111 cm³/mol. The molecule has 0 radical (unpaired) electrons. The maximum absolute atomic E-state index is 13.5. The number of aromatic amines is 1. The van der Waals surface area contributed by atoms with Gasteiger partial charge in [0.25, 0.3) is 0 Å². The Hall–Kier alpha value is -2.96. The molecule has 0 aliphatic carbocycles. The summed E-state index contributed by atoms with van der Waals surface area (Å²) >= 11 is 0. The Bertz CT molecular complexity index is 1030. The highest BCUT2D eigenvalue weighted by Gasteiger charge is 2.25. The molecule has 6 heteroatoms. The summed E-state index contributed by atoms with van der Waals surface area (Å²) in [7, 11) is 0. The van der Waals surface area contributed by atoms with E-state index >= 15 is 0 Å². The average molecular weight is 393 g/mol. The van der Waals surface area contributed by atoms with E-state index in [1.807, 2.05) is 18.2 Å². The minimum absolute atomic E-state index is 0.500. The first-order chi connectivity index (χ1) is 14.1. The number of nitrogens with one attached hydrogen (secondary N) is 2. The van der Waals surface area contributed by atoms with E-state index in [2.05, 4.69) is 34.3 Å². The molecule has 3 N–H and O–H groups in total. The number of nitrogens with zero attached hydrogens (tertiary/aromatic N) is 1. The fourth-order valence-corrected chi connectivity index (χ4v) is 4.11. The van der Waals surface area contributed by atoms with Crippen LogP contribution in [0, 0.1) is 0 Å². The van der Waals surface area contributed by atoms with Crippen molar-refractivity contribution in [3.8, 4) is 0 Å². The molecule has 0 saturated carbocycles. The highest BCUT2D eigenvalue weighted by atomic mass is 19.1. The van der Waals surface area contributed by atoms with Gasteiger partial charge < -0.3 is 4.98 Å². The average Bonchev–Trinajstić information content (AvgIpc) is 3.36. The Balaban J connectivity index is 1.43. The number of hydrogen-bond donors (Lipinski definition) is 3. The van der Waals surface area contributed by atoms with Gasteiger partial charge in [0.15, 0.2) is 5.83 Å². The molecule has 1 amide bonds. The molecule has 5 nitrogen and oxygen atoms in total. The van der Waals surface area contributed by atoms with Crippen molar-refractivity contribution in [2.24, 2.45) is 0 Å². The number of hydroxylamine groups is 1. The molecule has 2 aromatic carbocycles. The number of fused-ring (bicyclic) bond motifs is 1. The molecule has 4 rings (SSSR count). The molecule has 1 atom stereocenters. The quantitative estimate of drug-likeness (QED) is 0.334. The monoisotopic (exact) mass is 393 g/mol. The largest absolute Gasteiger partial charge is 0.361 e. The minimum atomic E-state index is -1.15. The van der Waals surface area contributed by atoms with Crippen molar-refractivity contribution >= 4 is 22.9 Å². The summed E-state index contributed by atoms with van der Waals surface area (Å²) in [5, 5.41) is 9.77. The van der Waals surface area contributed by atoms with Crippen LogP contribution >= 0.6 is 0 Å². The highest BCUT2D eigenvalue weighted by Crippen LogP contribution is 2.27. The lowest BCUT2D eigenvalue weighted by atomic mass is 10.0. The maximum atomic E-state index is 13.5. The standard InChI is InChI=1S/C23H24FN3O2/c24-21(23(28)26-29)12-16-7-9-17(10-8-16)15-27-11-3-4-19(27)13-18-14-25-22-6-2-1-5-20(18)22/h1-2,5-10,12,14,19,25,29H,3-4,11,13,15H2,(H,26,28)/b21-12+/t19-/m1/s1. The summed E-state index contributed by atoms with van der Waals surface area (Å²) in [5.41, 5.74) is 5.55. The molecule has 29 heavy (non-hydrogen) atoms. The summed E-state index contributed by atoms with van der Waals surface area (Å²) in [6.45, 7) is 1.91. The number of rotatable bonds is 6. The number of aromatic nitrogens is 1. The van der Waals surface area contributed by atoms with Crippen molar-refractivity contribution in [3.63, 3.8) is 0 Å². The number of H-pyrrole nitrogens is 1. The zero-order valence-corrected chi connectivity index (χ0v) is 16.1. The van der Waals surface area contributed by atoms with Gasteiger partial charge in [-0.15, -0.1) is 0 Å². The number of amides is 1. The Morgan fingerprint density at radius 3 is 2.83 bits per heavy atom. The van der Waals surface area contributed by atoms with Crippen LogP contribution in [0.4, 0.5) is 4.39 Å². The topological polar surface area (TPSA) is 68.4 Å². The predicted octanol–water partition coefficient (Wildman–Crippen LogP) is 4.19. The van der Waals surface area contributed by atoms with Crippen LogP contribution in [0.15, 0.2) is 60.6 Å². The molecule has 150 valence electrons. The normalized spacial score (nSPS) is 17.7. The summed E-state index contributed by atoms with van der Waals surface area (Å²) in [6.07, 6.45) is 6.62. The zero-order chi connectivity index (χ0) is 20.2. The molecular weight excluding hydrogens is 369 g/mol. The summed E-state index contributed by atoms with van der Waals surface area (Å²) in [5.74, 6) is -2.18. The number of carbonyl (C=O) groups is 1. The highest BCUT2D eigenvalue weighted by molar-refractivity contribution is 5.94. The van der Waals surface area contributed by atoms with Crippen LogP contribution in [0.1, 0.15) is 29.5 Å². The van der Waals surface area contributed by atoms with E-state index in [0.717, 1.165) is 31.1 Å².